The van der Waals surface area contributed by atoms with Crippen molar-refractivity contribution in [3.05, 3.63) is 88.7 Å². The molecule has 5 heteroatoms. The lowest BCUT2D eigenvalue weighted by Crippen LogP contribution is -2.10. The molecular weight excluding hydrogens is 369 g/mol. The summed E-state index contributed by atoms with van der Waals surface area (Å²) in [5, 5.41) is 18.5. The van der Waals surface area contributed by atoms with E-state index in [1.807, 2.05) is 43.3 Å². The molecule has 29 heavy (non-hydrogen) atoms. The zero-order chi connectivity index (χ0) is 21.0. The number of benzene rings is 3. The van der Waals surface area contributed by atoms with Gasteiger partial charge in [0, 0.05) is 23.6 Å². The predicted molar refractivity (Wildman–Crippen MR) is 112 cm³/mol. The van der Waals surface area contributed by atoms with E-state index in [1.165, 1.54) is 0 Å². The summed E-state index contributed by atoms with van der Waals surface area (Å²) in [5.74, 6) is 0.288. The van der Waals surface area contributed by atoms with Crippen molar-refractivity contribution in [1.82, 2.24) is 0 Å². The smallest absolute Gasteiger partial charge is 0.155 e. The zero-order valence-corrected chi connectivity index (χ0v) is 16.6. The minimum absolute atomic E-state index is 0.0878. The summed E-state index contributed by atoms with van der Waals surface area (Å²) in [5.41, 5.74) is 10.2. The number of hydrogen-bond acceptors (Lipinski definition) is 4. The van der Waals surface area contributed by atoms with Gasteiger partial charge < -0.3 is 20.7 Å². The van der Waals surface area contributed by atoms with E-state index >= 15 is 0 Å². The molecule has 1 unspecified atom stereocenters. The monoisotopic (exact) mass is 395 g/mol. The van der Waals surface area contributed by atoms with Crippen molar-refractivity contribution < 1.29 is 19.3 Å². The summed E-state index contributed by atoms with van der Waals surface area (Å²) >= 11 is 0. The Kier molecular flexibility index (Phi) is 6.64. The average molecular weight is 395 g/mol. The highest BCUT2D eigenvalue weighted by Gasteiger charge is 2.14. The second-order valence-corrected chi connectivity index (χ2v) is 7.29. The number of nitrogens with two attached hydrogens (primary N) is 1. The van der Waals surface area contributed by atoms with Gasteiger partial charge in [-0.15, -0.1) is 0 Å². The van der Waals surface area contributed by atoms with Gasteiger partial charge in [0.1, 0.15) is 18.2 Å². The second kappa shape index (κ2) is 9.18. The highest BCUT2D eigenvalue weighted by molar-refractivity contribution is 5.67. The Morgan fingerprint density at radius 3 is 2.52 bits per heavy atom. The number of rotatable bonds is 7. The van der Waals surface area contributed by atoms with Gasteiger partial charge in [0.25, 0.3) is 0 Å². The van der Waals surface area contributed by atoms with Crippen LogP contribution in [-0.2, 0) is 13.0 Å². The lowest BCUT2D eigenvalue weighted by Gasteiger charge is -2.15. The van der Waals surface area contributed by atoms with Crippen LogP contribution in [0.15, 0.2) is 60.7 Å². The Morgan fingerprint density at radius 1 is 1.03 bits per heavy atom. The number of aliphatic hydroxyl groups is 2. The zero-order valence-electron chi connectivity index (χ0n) is 16.6. The Labute approximate surface area is 170 Å². The molecule has 0 amide bonds. The lowest BCUT2D eigenvalue weighted by molar-refractivity contribution is -0.0385. The van der Waals surface area contributed by atoms with Gasteiger partial charge in [-0.1, -0.05) is 54.1 Å². The van der Waals surface area contributed by atoms with Crippen molar-refractivity contribution in [2.45, 2.75) is 39.2 Å². The largest absolute Gasteiger partial charge is 0.489 e. The first-order chi connectivity index (χ1) is 13.8. The second-order valence-electron chi connectivity index (χ2n) is 7.29. The van der Waals surface area contributed by atoms with Gasteiger partial charge in [0.2, 0.25) is 0 Å². The number of halogens is 1. The van der Waals surface area contributed by atoms with Gasteiger partial charge in [0.15, 0.2) is 6.29 Å². The van der Waals surface area contributed by atoms with E-state index < -0.39 is 6.29 Å². The Balaban J connectivity index is 1.87. The first-order valence-corrected chi connectivity index (χ1v) is 9.57. The molecule has 3 aromatic rings. The summed E-state index contributed by atoms with van der Waals surface area (Å²) in [6.07, 6.45) is -1.35. The van der Waals surface area contributed by atoms with Crippen molar-refractivity contribution in [3.8, 4) is 16.9 Å². The van der Waals surface area contributed by atoms with Gasteiger partial charge in [-0.2, -0.15) is 0 Å². The normalized spacial score (nSPS) is 12.2. The standard InChI is InChI=1S/C24H26FNO3/c1-15-10-17(14-29-22-9-4-3-6-18(22)13-23(27)28)12-19(11-15)21-8-5-7-20(16(2)26)24(21)25/h3-12,16,23,27-28H,13-14,26H2,1-2H3. The minimum Gasteiger partial charge on any atom is -0.489 e. The molecule has 0 radical (unpaired) electrons. The van der Waals surface area contributed by atoms with Gasteiger partial charge in [-0.3, -0.25) is 0 Å². The molecule has 0 spiro atoms. The first-order valence-electron chi connectivity index (χ1n) is 9.57. The number of para-hydroxylation sites is 1. The SMILES string of the molecule is Cc1cc(COc2ccccc2CC(O)O)cc(-c2cccc(C(C)N)c2F)c1. The van der Waals surface area contributed by atoms with Crippen LogP contribution >= 0.6 is 0 Å². The molecule has 0 saturated heterocycles. The molecular formula is C24H26FNO3. The Morgan fingerprint density at radius 2 is 1.79 bits per heavy atom. The third-order valence-corrected chi connectivity index (χ3v) is 4.74. The predicted octanol–water partition coefficient (Wildman–Crippen LogP) is 4.25. The van der Waals surface area contributed by atoms with Crippen LogP contribution in [0.2, 0.25) is 0 Å². The third-order valence-electron chi connectivity index (χ3n) is 4.74. The van der Waals surface area contributed by atoms with E-state index in [4.69, 9.17) is 10.5 Å². The molecule has 0 aromatic heterocycles. The summed E-state index contributed by atoms with van der Waals surface area (Å²) < 4.78 is 20.9. The number of ether oxygens (including phenoxy) is 1. The van der Waals surface area contributed by atoms with Crippen molar-refractivity contribution in [2.24, 2.45) is 5.73 Å². The van der Waals surface area contributed by atoms with E-state index in [1.54, 1.807) is 31.2 Å². The van der Waals surface area contributed by atoms with Crippen LogP contribution in [0, 0.1) is 12.7 Å². The van der Waals surface area contributed by atoms with Crippen LogP contribution in [-0.4, -0.2) is 16.5 Å². The van der Waals surface area contributed by atoms with Crippen molar-refractivity contribution in [2.75, 3.05) is 0 Å². The molecule has 0 aliphatic heterocycles. The van der Waals surface area contributed by atoms with E-state index in [2.05, 4.69) is 0 Å². The molecule has 0 aliphatic rings. The molecule has 4 nitrogen and oxygen atoms in total. The highest BCUT2D eigenvalue weighted by Crippen LogP contribution is 2.29. The third kappa shape index (κ3) is 5.21. The van der Waals surface area contributed by atoms with Gasteiger partial charge in [0.05, 0.1) is 0 Å². The van der Waals surface area contributed by atoms with Crippen LogP contribution in [0.3, 0.4) is 0 Å². The fraction of sp³-hybridized carbons (Fsp3) is 0.250. The Bertz CT molecular complexity index is 986. The van der Waals surface area contributed by atoms with Crippen LogP contribution in [0.4, 0.5) is 4.39 Å². The average Bonchev–Trinajstić information content (AvgIpc) is 2.66. The van der Waals surface area contributed by atoms with Crippen molar-refractivity contribution >= 4 is 0 Å². The number of aliphatic hydroxyl groups excluding tert-OH is 1. The molecule has 0 saturated carbocycles. The summed E-state index contributed by atoms with van der Waals surface area (Å²) in [6, 6.07) is 17.9. The van der Waals surface area contributed by atoms with Crippen LogP contribution in [0.25, 0.3) is 11.1 Å². The number of hydrogen-bond donors (Lipinski definition) is 3. The molecule has 0 aliphatic carbocycles. The van der Waals surface area contributed by atoms with E-state index in [-0.39, 0.29) is 24.9 Å². The van der Waals surface area contributed by atoms with Gasteiger partial charge >= 0.3 is 0 Å². The summed E-state index contributed by atoms with van der Waals surface area (Å²) in [7, 11) is 0. The fourth-order valence-electron chi connectivity index (χ4n) is 3.40. The van der Waals surface area contributed by atoms with Crippen LogP contribution < -0.4 is 10.5 Å². The van der Waals surface area contributed by atoms with E-state index in [0.717, 1.165) is 16.7 Å². The van der Waals surface area contributed by atoms with E-state index in [0.29, 0.717) is 22.4 Å². The maximum absolute atomic E-state index is 14.9. The highest BCUT2D eigenvalue weighted by atomic mass is 19.1. The molecule has 0 bridgehead atoms. The van der Waals surface area contributed by atoms with Crippen molar-refractivity contribution in [1.29, 1.82) is 0 Å². The summed E-state index contributed by atoms with van der Waals surface area (Å²) in [6.45, 7) is 4.00. The van der Waals surface area contributed by atoms with Crippen molar-refractivity contribution in [3.63, 3.8) is 0 Å². The van der Waals surface area contributed by atoms with Gasteiger partial charge in [-0.25, -0.2) is 4.39 Å². The molecule has 3 rings (SSSR count). The molecule has 152 valence electrons. The molecule has 3 aromatic carbocycles. The molecule has 0 fully saturated rings. The molecule has 4 N–H and O–H groups in total. The number of aryl methyl sites for hydroxylation is 1. The maximum Gasteiger partial charge on any atom is 0.155 e. The lowest BCUT2D eigenvalue weighted by atomic mass is 9.96. The minimum atomic E-state index is -1.44. The Hall–Kier alpha value is -2.73. The molecule has 1 atom stereocenters. The quantitative estimate of drug-likeness (QED) is 0.523. The summed E-state index contributed by atoms with van der Waals surface area (Å²) in [4.78, 5) is 0. The maximum atomic E-state index is 14.9. The molecule has 0 heterocycles. The fourth-order valence-corrected chi connectivity index (χ4v) is 3.40. The van der Waals surface area contributed by atoms with Gasteiger partial charge in [-0.05, 0) is 42.7 Å². The topological polar surface area (TPSA) is 75.7 Å². The van der Waals surface area contributed by atoms with Crippen LogP contribution in [0.1, 0.15) is 35.2 Å². The van der Waals surface area contributed by atoms with Crippen LogP contribution in [0.5, 0.6) is 5.75 Å². The first kappa shape index (κ1) is 21.0. The van der Waals surface area contributed by atoms with E-state index in [9.17, 15) is 14.6 Å².